The van der Waals surface area contributed by atoms with E-state index in [1.165, 1.54) is 18.7 Å². The Bertz CT molecular complexity index is 1350. The van der Waals surface area contributed by atoms with Crippen LogP contribution in [-0.2, 0) is 16.0 Å². The second-order valence-electron chi connectivity index (χ2n) is 11.7. The predicted molar refractivity (Wildman–Crippen MR) is 159 cm³/mol. The van der Waals surface area contributed by atoms with Gasteiger partial charge in [-0.05, 0) is 81.7 Å². The quantitative estimate of drug-likeness (QED) is 0.320. The normalized spacial score (nSPS) is 19.2. The maximum absolute atomic E-state index is 14.0. The summed E-state index contributed by atoms with van der Waals surface area (Å²) in [6.45, 7) is 4.82. The number of carbonyl (C=O) groups is 3. The van der Waals surface area contributed by atoms with Crippen molar-refractivity contribution in [2.24, 2.45) is 5.92 Å². The van der Waals surface area contributed by atoms with E-state index in [9.17, 15) is 19.5 Å². The molecule has 3 aliphatic rings. The molecule has 1 saturated carbocycles. The molecule has 8 nitrogen and oxygen atoms in total. The van der Waals surface area contributed by atoms with Crippen molar-refractivity contribution < 1.29 is 24.2 Å². The Labute approximate surface area is 255 Å². The summed E-state index contributed by atoms with van der Waals surface area (Å²) < 4.78 is 5.73. The summed E-state index contributed by atoms with van der Waals surface area (Å²) in [4.78, 5) is 44.6. The first-order valence-electron chi connectivity index (χ1n) is 14.0. The van der Waals surface area contributed by atoms with E-state index in [2.05, 4.69) is 4.90 Å². The molecule has 41 heavy (non-hydrogen) atoms. The number of amides is 3. The molecule has 1 spiro atoms. The smallest absolute Gasteiger partial charge is 0.347 e. The molecular weight excluding hydrogens is 589 g/mol. The Balaban J connectivity index is 1.36. The number of carboxylic acids is 1. The number of imide groups is 1. The highest BCUT2D eigenvalue weighted by Crippen LogP contribution is 2.41. The molecule has 5 rings (SSSR count). The second-order valence-corrected chi connectivity index (χ2v) is 12.9. The number of ether oxygens (including phenoxy) is 1. The van der Waals surface area contributed by atoms with Crippen molar-refractivity contribution in [3.8, 4) is 5.75 Å². The number of anilines is 1. The van der Waals surface area contributed by atoms with Gasteiger partial charge >= 0.3 is 12.0 Å². The van der Waals surface area contributed by atoms with Crippen molar-refractivity contribution in [3.05, 3.63) is 57.0 Å². The van der Waals surface area contributed by atoms with Gasteiger partial charge in [0.15, 0.2) is 5.60 Å². The Hall–Kier alpha value is -2.68. The van der Waals surface area contributed by atoms with E-state index in [1.807, 2.05) is 12.1 Å². The lowest BCUT2D eigenvalue weighted by Gasteiger charge is -2.43. The molecule has 1 aliphatic carbocycles. The van der Waals surface area contributed by atoms with Crippen molar-refractivity contribution in [2.75, 3.05) is 31.1 Å². The Morgan fingerprint density at radius 3 is 2.37 bits per heavy atom. The highest BCUT2D eigenvalue weighted by molar-refractivity contribution is 6.35. The molecule has 0 atom stereocenters. The van der Waals surface area contributed by atoms with Gasteiger partial charge in [-0.2, -0.15) is 0 Å². The second kappa shape index (κ2) is 11.5. The zero-order valence-electron chi connectivity index (χ0n) is 23.2. The van der Waals surface area contributed by atoms with Crippen LogP contribution in [0.5, 0.6) is 5.75 Å². The molecule has 2 heterocycles. The van der Waals surface area contributed by atoms with Crippen LogP contribution in [0.25, 0.3) is 0 Å². The van der Waals surface area contributed by atoms with Gasteiger partial charge in [0.05, 0.1) is 5.02 Å². The van der Waals surface area contributed by atoms with E-state index >= 15 is 0 Å². The van der Waals surface area contributed by atoms with Crippen LogP contribution in [0.2, 0.25) is 15.1 Å². The van der Waals surface area contributed by atoms with Crippen LogP contribution in [0.3, 0.4) is 0 Å². The van der Waals surface area contributed by atoms with Crippen molar-refractivity contribution in [2.45, 2.75) is 63.5 Å². The summed E-state index contributed by atoms with van der Waals surface area (Å²) in [6.07, 6.45) is 4.65. The Morgan fingerprint density at radius 2 is 1.76 bits per heavy atom. The summed E-state index contributed by atoms with van der Waals surface area (Å²) >= 11 is 18.8. The average Bonchev–Trinajstić information content (AvgIpc) is 3.07. The summed E-state index contributed by atoms with van der Waals surface area (Å²) in [5.41, 5.74) is -0.697. The summed E-state index contributed by atoms with van der Waals surface area (Å²) in [6, 6.07) is 10.4. The van der Waals surface area contributed by atoms with E-state index in [4.69, 9.17) is 39.5 Å². The van der Waals surface area contributed by atoms with Crippen LogP contribution in [0.4, 0.5) is 10.5 Å². The Kier molecular flexibility index (Phi) is 8.39. The van der Waals surface area contributed by atoms with Gasteiger partial charge in [0, 0.05) is 48.0 Å². The lowest BCUT2D eigenvalue weighted by molar-refractivity contribution is -0.152. The molecule has 1 N–H and O–H groups in total. The van der Waals surface area contributed by atoms with Gasteiger partial charge in [-0.15, -0.1) is 0 Å². The van der Waals surface area contributed by atoms with Crippen LogP contribution in [0, 0.1) is 5.92 Å². The van der Waals surface area contributed by atoms with E-state index in [0.29, 0.717) is 66.4 Å². The average molecular weight is 623 g/mol. The molecule has 0 unspecified atom stereocenters. The van der Waals surface area contributed by atoms with E-state index in [-0.39, 0.29) is 17.7 Å². The fourth-order valence-corrected chi connectivity index (χ4v) is 6.51. The maximum atomic E-state index is 14.0. The number of hydrogen-bond donors (Lipinski definition) is 1. The third kappa shape index (κ3) is 5.84. The number of nitrogens with zero attached hydrogens (tertiary/aromatic N) is 3. The largest absolute Gasteiger partial charge is 0.478 e. The third-order valence-corrected chi connectivity index (χ3v) is 9.56. The van der Waals surface area contributed by atoms with Gasteiger partial charge in [-0.1, -0.05) is 47.3 Å². The molecule has 0 radical (unpaired) electrons. The van der Waals surface area contributed by atoms with Crippen LogP contribution < -0.4 is 9.64 Å². The molecule has 3 amide bonds. The summed E-state index contributed by atoms with van der Waals surface area (Å²) in [7, 11) is 0. The minimum atomic E-state index is -1.46. The summed E-state index contributed by atoms with van der Waals surface area (Å²) in [5, 5.41) is 10.9. The molecule has 0 bridgehead atoms. The van der Waals surface area contributed by atoms with Gasteiger partial charge in [0.1, 0.15) is 11.3 Å². The van der Waals surface area contributed by atoms with E-state index in [1.54, 1.807) is 29.2 Å². The van der Waals surface area contributed by atoms with Gasteiger partial charge in [0.25, 0.3) is 5.91 Å². The van der Waals surface area contributed by atoms with Crippen molar-refractivity contribution in [3.63, 3.8) is 0 Å². The number of rotatable bonds is 9. The van der Waals surface area contributed by atoms with Crippen LogP contribution >= 0.6 is 34.8 Å². The molecular formula is C30H34Cl3N3O5. The SMILES string of the molecule is CC(C)(Oc1cc(N2CCC3(CC2)C(=O)N(CC2CCC2)C(=O)N3CCc2ccc(Cl)cc2Cl)ccc1Cl)C(=O)O. The van der Waals surface area contributed by atoms with Crippen molar-refractivity contribution in [1.82, 2.24) is 9.80 Å². The van der Waals surface area contributed by atoms with Crippen LogP contribution in [0.15, 0.2) is 36.4 Å². The summed E-state index contributed by atoms with van der Waals surface area (Å²) in [5.74, 6) is -0.570. The van der Waals surface area contributed by atoms with Crippen molar-refractivity contribution in [1.29, 1.82) is 0 Å². The zero-order valence-corrected chi connectivity index (χ0v) is 25.4. The number of hydrogen-bond acceptors (Lipinski definition) is 5. The van der Waals surface area contributed by atoms with Crippen LogP contribution in [0.1, 0.15) is 51.5 Å². The molecule has 0 aromatic heterocycles. The monoisotopic (exact) mass is 621 g/mol. The van der Waals surface area contributed by atoms with E-state index in [0.717, 1.165) is 30.5 Å². The van der Waals surface area contributed by atoms with Gasteiger partial charge < -0.3 is 19.6 Å². The number of piperidine rings is 1. The fraction of sp³-hybridized carbons (Fsp3) is 0.500. The molecule has 2 saturated heterocycles. The number of carboxylic acid groups (broad SMARTS) is 1. The highest BCUT2D eigenvalue weighted by atomic mass is 35.5. The van der Waals surface area contributed by atoms with Gasteiger partial charge in [-0.3, -0.25) is 9.69 Å². The first kappa shape index (κ1) is 29.8. The topological polar surface area (TPSA) is 90.4 Å². The molecule has 3 fully saturated rings. The Morgan fingerprint density at radius 1 is 1.05 bits per heavy atom. The lowest BCUT2D eigenvalue weighted by atomic mass is 9.83. The molecule has 2 aromatic carbocycles. The number of aliphatic carboxylic acids is 1. The minimum Gasteiger partial charge on any atom is -0.478 e. The minimum absolute atomic E-state index is 0.111. The third-order valence-electron chi connectivity index (χ3n) is 8.66. The number of carbonyl (C=O) groups excluding carboxylic acids is 2. The van der Waals surface area contributed by atoms with Gasteiger partial charge in [-0.25, -0.2) is 9.59 Å². The zero-order chi connectivity index (χ0) is 29.5. The lowest BCUT2D eigenvalue weighted by Crippen LogP contribution is -2.57. The maximum Gasteiger partial charge on any atom is 0.347 e. The standard InChI is InChI=1S/C30H34Cl3N3O5/c1-29(2,27(38)39)41-25-17-22(8-9-23(25)32)34-14-11-30(12-15-34)26(37)35(18-19-4-3-5-19)28(40)36(30)13-10-20-6-7-21(31)16-24(20)33/h6-9,16-17,19H,3-5,10-15,18H2,1-2H3,(H,38,39). The van der Waals surface area contributed by atoms with Crippen LogP contribution in [-0.4, -0.2) is 70.1 Å². The number of urea groups is 1. The molecule has 11 heteroatoms. The first-order valence-corrected chi connectivity index (χ1v) is 15.1. The number of benzene rings is 2. The highest BCUT2D eigenvalue weighted by Gasteiger charge is 2.58. The first-order chi connectivity index (χ1) is 19.4. The molecule has 2 aromatic rings. The molecule has 2 aliphatic heterocycles. The van der Waals surface area contributed by atoms with Crippen molar-refractivity contribution >= 4 is 58.4 Å². The van der Waals surface area contributed by atoms with Gasteiger partial charge in [0.2, 0.25) is 0 Å². The number of halogens is 3. The van der Waals surface area contributed by atoms with E-state index < -0.39 is 17.1 Å². The molecule has 220 valence electrons. The predicted octanol–water partition coefficient (Wildman–Crippen LogP) is 6.53. The fourth-order valence-electron chi connectivity index (χ4n) is 5.85.